The molecule has 1 rings (SSSR count). The Morgan fingerprint density at radius 3 is 2.29 bits per heavy atom. The minimum atomic E-state index is 0.110. The second-order valence-electron chi connectivity index (χ2n) is 3.98. The molecule has 0 spiro atoms. The first-order valence-corrected chi connectivity index (χ1v) is 6.15. The lowest BCUT2D eigenvalue weighted by molar-refractivity contribution is 0.295. The van der Waals surface area contributed by atoms with Gasteiger partial charge in [0.05, 0.1) is 6.61 Å². The Labute approximate surface area is 103 Å². The van der Waals surface area contributed by atoms with Crippen LogP contribution in [0, 0.1) is 0 Å². The van der Waals surface area contributed by atoms with Gasteiger partial charge in [-0.2, -0.15) is 0 Å². The van der Waals surface area contributed by atoms with Gasteiger partial charge >= 0.3 is 0 Å². The summed E-state index contributed by atoms with van der Waals surface area (Å²) < 4.78 is 0. The number of nitrogens with zero attached hydrogens (tertiary/aromatic N) is 3. The van der Waals surface area contributed by atoms with Crippen LogP contribution in [0.15, 0.2) is 12.4 Å². The van der Waals surface area contributed by atoms with Gasteiger partial charge in [-0.3, -0.25) is 0 Å². The van der Waals surface area contributed by atoms with Crippen molar-refractivity contribution in [3.63, 3.8) is 0 Å². The minimum absolute atomic E-state index is 0.110. The molecule has 0 unspecified atom stereocenters. The Kier molecular flexibility index (Phi) is 5.86. The Morgan fingerprint density at radius 2 is 1.88 bits per heavy atom. The van der Waals surface area contributed by atoms with Crippen molar-refractivity contribution in [3.8, 4) is 0 Å². The summed E-state index contributed by atoms with van der Waals surface area (Å²) in [6.45, 7) is 5.39. The molecule has 0 aliphatic carbocycles. The van der Waals surface area contributed by atoms with Crippen LogP contribution in [0.4, 0.5) is 5.95 Å². The van der Waals surface area contributed by atoms with Gasteiger partial charge in [0.15, 0.2) is 0 Å². The SMILES string of the molecule is CCC(CC)N(CCO)c1ncc(CN)cn1. The molecule has 0 saturated carbocycles. The van der Waals surface area contributed by atoms with E-state index >= 15 is 0 Å². The van der Waals surface area contributed by atoms with Gasteiger partial charge in [-0.25, -0.2) is 9.97 Å². The topological polar surface area (TPSA) is 75.3 Å². The van der Waals surface area contributed by atoms with Gasteiger partial charge in [-0.05, 0) is 12.8 Å². The van der Waals surface area contributed by atoms with E-state index in [0.29, 0.717) is 25.1 Å². The lowest BCUT2D eigenvalue weighted by Crippen LogP contribution is -2.38. The molecule has 0 aliphatic heterocycles. The lowest BCUT2D eigenvalue weighted by atomic mass is 10.1. The van der Waals surface area contributed by atoms with E-state index in [-0.39, 0.29) is 6.61 Å². The largest absolute Gasteiger partial charge is 0.395 e. The zero-order valence-electron chi connectivity index (χ0n) is 10.6. The highest BCUT2D eigenvalue weighted by molar-refractivity contribution is 5.31. The number of anilines is 1. The maximum atomic E-state index is 9.12. The fourth-order valence-corrected chi connectivity index (χ4v) is 1.88. The third-order valence-corrected chi connectivity index (χ3v) is 2.91. The van der Waals surface area contributed by atoms with Gasteiger partial charge in [0.25, 0.3) is 0 Å². The van der Waals surface area contributed by atoms with Gasteiger partial charge in [-0.15, -0.1) is 0 Å². The van der Waals surface area contributed by atoms with E-state index in [4.69, 9.17) is 10.8 Å². The fraction of sp³-hybridized carbons (Fsp3) is 0.667. The van der Waals surface area contributed by atoms with Gasteiger partial charge in [0.1, 0.15) is 0 Å². The molecule has 1 aromatic rings. The monoisotopic (exact) mass is 238 g/mol. The summed E-state index contributed by atoms with van der Waals surface area (Å²) in [6, 6.07) is 0.367. The highest BCUT2D eigenvalue weighted by Crippen LogP contribution is 2.15. The van der Waals surface area contributed by atoms with Crippen molar-refractivity contribution in [2.75, 3.05) is 18.1 Å². The molecular formula is C12H22N4O. The van der Waals surface area contributed by atoms with Crippen molar-refractivity contribution >= 4 is 5.95 Å². The van der Waals surface area contributed by atoms with Crippen LogP contribution in [-0.4, -0.2) is 34.3 Å². The molecule has 1 heterocycles. The summed E-state index contributed by atoms with van der Waals surface area (Å²) in [4.78, 5) is 10.7. The molecule has 1 aromatic heterocycles. The third kappa shape index (κ3) is 3.64. The average molecular weight is 238 g/mol. The molecular weight excluding hydrogens is 216 g/mol. The second kappa shape index (κ2) is 7.19. The fourth-order valence-electron chi connectivity index (χ4n) is 1.88. The Hall–Kier alpha value is -1.20. The predicted molar refractivity (Wildman–Crippen MR) is 68.7 cm³/mol. The molecule has 0 atom stereocenters. The zero-order valence-corrected chi connectivity index (χ0v) is 10.6. The average Bonchev–Trinajstić information content (AvgIpc) is 2.39. The van der Waals surface area contributed by atoms with E-state index in [1.807, 2.05) is 0 Å². The molecule has 0 aliphatic rings. The summed E-state index contributed by atoms with van der Waals surface area (Å²) in [6.07, 6.45) is 5.52. The van der Waals surface area contributed by atoms with E-state index in [1.165, 1.54) is 0 Å². The Morgan fingerprint density at radius 1 is 1.29 bits per heavy atom. The van der Waals surface area contributed by atoms with Crippen LogP contribution in [0.25, 0.3) is 0 Å². The summed E-state index contributed by atoms with van der Waals surface area (Å²) in [5.74, 6) is 0.671. The second-order valence-corrected chi connectivity index (χ2v) is 3.98. The molecule has 0 fully saturated rings. The van der Waals surface area contributed by atoms with Crippen molar-refractivity contribution < 1.29 is 5.11 Å². The van der Waals surface area contributed by atoms with Crippen LogP contribution in [0.2, 0.25) is 0 Å². The molecule has 0 bridgehead atoms. The van der Waals surface area contributed by atoms with Gasteiger partial charge in [-0.1, -0.05) is 13.8 Å². The van der Waals surface area contributed by atoms with E-state index in [0.717, 1.165) is 18.4 Å². The number of rotatable bonds is 7. The Balaban J connectivity index is 2.87. The minimum Gasteiger partial charge on any atom is -0.395 e. The van der Waals surface area contributed by atoms with Gasteiger partial charge < -0.3 is 15.7 Å². The maximum Gasteiger partial charge on any atom is 0.225 e. The molecule has 0 radical (unpaired) electrons. The van der Waals surface area contributed by atoms with Crippen molar-refractivity contribution in [3.05, 3.63) is 18.0 Å². The summed E-state index contributed by atoms with van der Waals surface area (Å²) in [5.41, 5.74) is 6.43. The maximum absolute atomic E-state index is 9.12. The summed E-state index contributed by atoms with van der Waals surface area (Å²) in [7, 11) is 0. The van der Waals surface area contributed by atoms with Crippen molar-refractivity contribution in [1.29, 1.82) is 0 Å². The first-order chi connectivity index (χ1) is 8.26. The number of aliphatic hydroxyl groups is 1. The smallest absolute Gasteiger partial charge is 0.225 e. The number of hydrogen-bond donors (Lipinski definition) is 2. The van der Waals surface area contributed by atoms with Crippen molar-refractivity contribution in [1.82, 2.24) is 9.97 Å². The van der Waals surface area contributed by atoms with Crippen molar-refractivity contribution in [2.24, 2.45) is 5.73 Å². The molecule has 5 heteroatoms. The normalized spacial score (nSPS) is 10.9. The van der Waals surface area contributed by atoms with Crippen LogP contribution < -0.4 is 10.6 Å². The number of aromatic nitrogens is 2. The van der Waals surface area contributed by atoms with Crippen molar-refractivity contribution in [2.45, 2.75) is 39.3 Å². The lowest BCUT2D eigenvalue weighted by Gasteiger charge is -2.29. The van der Waals surface area contributed by atoms with Crippen LogP contribution in [-0.2, 0) is 6.54 Å². The van der Waals surface area contributed by atoms with E-state index < -0.39 is 0 Å². The van der Waals surface area contributed by atoms with Crippen LogP contribution >= 0.6 is 0 Å². The van der Waals surface area contributed by atoms with Gasteiger partial charge in [0.2, 0.25) is 5.95 Å². The van der Waals surface area contributed by atoms with Gasteiger partial charge in [0, 0.05) is 37.1 Å². The third-order valence-electron chi connectivity index (χ3n) is 2.91. The number of nitrogens with two attached hydrogens (primary N) is 1. The molecule has 96 valence electrons. The standard InChI is InChI=1S/C12H22N4O/c1-3-11(4-2)16(5-6-17)12-14-8-10(7-13)9-15-12/h8-9,11,17H,3-7,13H2,1-2H3. The van der Waals surface area contributed by atoms with E-state index in [2.05, 4.69) is 28.7 Å². The molecule has 0 amide bonds. The predicted octanol–water partition coefficient (Wildman–Crippen LogP) is 0.923. The first kappa shape index (κ1) is 13.9. The Bertz CT molecular complexity index is 311. The highest BCUT2D eigenvalue weighted by atomic mass is 16.3. The summed E-state index contributed by atoms with van der Waals surface area (Å²) in [5, 5.41) is 9.12. The number of aliphatic hydroxyl groups excluding tert-OH is 1. The molecule has 17 heavy (non-hydrogen) atoms. The molecule has 0 saturated heterocycles. The highest BCUT2D eigenvalue weighted by Gasteiger charge is 2.17. The van der Waals surface area contributed by atoms with Crippen LogP contribution in [0.1, 0.15) is 32.3 Å². The zero-order chi connectivity index (χ0) is 12.7. The molecule has 0 aromatic carbocycles. The quantitative estimate of drug-likeness (QED) is 0.739. The van der Waals surface area contributed by atoms with E-state index in [1.54, 1.807) is 12.4 Å². The van der Waals surface area contributed by atoms with E-state index in [9.17, 15) is 0 Å². The molecule has 5 nitrogen and oxygen atoms in total. The van der Waals surface area contributed by atoms with Crippen LogP contribution in [0.3, 0.4) is 0 Å². The first-order valence-electron chi connectivity index (χ1n) is 6.15. The summed E-state index contributed by atoms with van der Waals surface area (Å²) >= 11 is 0. The number of hydrogen-bond acceptors (Lipinski definition) is 5. The molecule has 3 N–H and O–H groups in total. The van der Waals surface area contributed by atoms with Crippen LogP contribution in [0.5, 0.6) is 0 Å².